The van der Waals surface area contributed by atoms with Crippen LogP contribution in [0.5, 0.6) is 0 Å². The van der Waals surface area contributed by atoms with Crippen LogP contribution in [0, 0.1) is 6.92 Å². The summed E-state index contributed by atoms with van der Waals surface area (Å²) in [7, 11) is -3.72. The molecule has 2 aromatic rings. The van der Waals surface area contributed by atoms with Gasteiger partial charge in [0.1, 0.15) is 0 Å². The van der Waals surface area contributed by atoms with E-state index in [1.165, 1.54) is 0 Å². The molecule has 0 aliphatic rings. The van der Waals surface area contributed by atoms with Crippen molar-refractivity contribution in [3.63, 3.8) is 0 Å². The SMILES string of the molecule is Cc1ccc(S(=O)(=O)NC(c2ccccc2)C(C)(C)O)cc1. The van der Waals surface area contributed by atoms with Gasteiger partial charge in [0.15, 0.2) is 0 Å². The predicted octanol–water partition coefficient (Wildman–Crippen LogP) is 2.79. The molecule has 0 aliphatic heterocycles. The van der Waals surface area contributed by atoms with Crippen molar-refractivity contribution in [2.24, 2.45) is 0 Å². The van der Waals surface area contributed by atoms with Gasteiger partial charge in [-0.15, -0.1) is 0 Å². The topological polar surface area (TPSA) is 66.4 Å². The number of aryl methyl sites for hydroxylation is 1. The Morgan fingerprint density at radius 2 is 1.55 bits per heavy atom. The van der Waals surface area contributed by atoms with Gasteiger partial charge in [0.05, 0.1) is 16.5 Å². The Labute approximate surface area is 131 Å². The van der Waals surface area contributed by atoms with E-state index in [0.717, 1.165) is 5.56 Å². The second-order valence-corrected chi connectivity index (χ2v) is 7.65. The molecule has 1 atom stereocenters. The summed E-state index contributed by atoms with van der Waals surface area (Å²) in [6.07, 6.45) is 0. The fraction of sp³-hybridized carbons (Fsp3) is 0.294. The summed E-state index contributed by atoms with van der Waals surface area (Å²) in [4.78, 5) is 0.184. The van der Waals surface area contributed by atoms with Crippen molar-refractivity contribution in [1.29, 1.82) is 0 Å². The first kappa shape index (κ1) is 16.7. The van der Waals surface area contributed by atoms with E-state index in [1.807, 2.05) is 25.1 Å². The molecule has 0 heterocycles. The summed E-state index contributed by atoms with van der Waals surface area (Å²) in [5.74, 6) is 0. The molecule has 2 N–H and O–H groups in total. The van der Waals surface area contributed by atoms with Crippen molar-refractivity contribution in [1.82, 2.24) is 4.72 Å². The molecule has 0 bridgehead atoms. The zero-order valence-corrected chi connectivity index (χ0v) is 13.8. The number of hydrogen-bond donors (Lipinski definition) is 2. The Balaban J connectivity index is 2.37. The van der Waals surface area contributed by atoms with E-state index in [9.17, 15) is 13.5 Å². The zero-order valence-electron chi connectivity index (χ0n) is 12.9. The fourth-order valence-corrected chi connectivity index (χ4v) is 3.57. The highest BCUT2D eigenvalue weighted by Gasteiger charge is 2.32. The van der Waals surface area contributed by atoms with Crippen LogP contribution in [0.15, 0.2) is 59.5 Å². The van der Waals surface area contributed by atoms with Gasteiger partial charge in [-0.2, -0.15) is 0 Å². The standard InChI is InChI=1S/C17H21NO3S/c1-13-9-11-15(12-10-13)22(20,21)18-16(17(2,3)19)14-7-5-4-6-8-14/h4-12,16,18-19H,1-3H3. The van der Waals surface area contributed by atoms with Gasteiger partial charge in [-0.25, -0.2) is 13.1 Å². The van der Waals surface area contributed by atoms with E-state index in [-0.39, 0.29) is 4.90 Å². The molecule has 0 radical (unpaired) electrons. The highest BCUT2D eigenvalue weighted by Crippen LogP contribution is 2.27. The molecule has 0 aliphatic carbocycles. The van der Waals surface area contributed by atoms with Crippen molar-refractivity contribution in [3.05, 3.63) is 65.7 Å². The van der Waals surface area contributed by atoms with E-state index in [4.69, 9.17) is 0 Å². The minimum atomic E-state index is -3.72. The molecular weight excluding hydrogens is 298 g/mol. The summed E-state index contributed by atoms with van der Waals surface area (Å²) in [6, 6.07) is 14.9. The molecule has 5 heteroatoms. The number of sulfonamides is 1. The molecule has 4 nitrogen and oxygen atoms in total. The van der Waals surface area contributed by atoms with Crippen LogP contribution in [0.1, 0.15) is 31.0 Å². The number of nitrogens with one attached hydrogen (secondary N) is 1. The van der Waals surface area contributed by atoms with Crippen molar-refractivity contribution in [2.75, 3.05) is 0 Å². The molecule has 1 unspecified atom stereocenters. The second kappa shape index (κ2) is 6.20. The molecule has 0 spiro atoms. The molecule has 118 valence electrons. The summed E-state index contributed by atoms with van der Waals surface area (Å²) < 4.78 is 27.7. The van der Waals surface area contributed by atoms with Crippen molar-refractivity contribution in [2.45, 2.75) is 37.3 Å². The average Bonchev–Trinajstić information content (AvgIpc) is 2.45. The third kappa shape index (κ3) is 3.94. The quantitative estimate of drug-likeness (QED) is 0.890. The Kier molecular flexibility index (Phi) is 4.70. The Morgan fingerprint density at radius 1 is 1.00 bits per heavy atom. The lowest BCUT2D eigenvalue weighted by Crippen LogP contribution is -2.42. The third-order valence-corrected chi connectivity index (χ3v) is 4.88. The predicted molar refractivity (Wildman–Crippen MR) is 87.0 cm³/mol. The number of benzene rings is 2. The van der Waals surface area contributed by atoms with Crippen molar-refractivity contribution < 1.29 is 13.5 Å². The highest BCUT2D eigenvalue weighted by atomic mass is 32.2. The van der Waals surface area contributed by atoms with E-state index < -0.39 is 21.7 Å². The van der Waals surface area contributed by atoms with E-state index in [0.29, 0.717) is 5.56 Å². The molecule has 22 heavy (non-hydrogen) atoms. The largest absolute Gasteiger partial charge is 0.388 e. The fourth-order valence-electron chi connectivity index (χ4n) is 2.21. The van der Waals surface area contributed by atoms with E-state index in [1.54, 1.807) is 50.2 Å². The summed E-state index contributed by atoms with van der Waals surface area (Å²) in [5, 5.41) is 10.4. The molecule has 0 aromatic heterocycles. The van der Waals surface area contributed by atoms with Crippen LogP contribution in [-0.4, -0.2) is 19.1 Å². The monoisotopic (exact) mass is 319 g/mol. The van der Waals surface area contributed by atoms with Gasteiger partial charge in [0.2, 0.25) is 10.0 Å². The highest BCUT2D eigenvalue weighted by molar-refractivity contribution is 7.89. The summed E-state index contributed by atoms with van der Waals surface area (Å²) in [5.41, 5.74) is 0.464. The van der Waals surface area contributed by atoms with Crippen LogP contribution >= 0.6 is 0 Å². The van der Waals surface area contributed by atoms with Gasteiger partial charge in [-0.1, -0.05) is 48.0 Å². The maximum absolute atomic E-state index is 12.6. The molecule has 0 saturated carbocycles. The lowest BCUT2D eigenvalue weighted by molar-refractivity contribution is 0.0455. The van der Waals surface area contributed by atoms with E-state index in [2.05, 4.69) is 4.72 Å². The van der Waals surface area contributed by atoms with Gasteiger partial charge in [-0.05, 0) is 38.5 Å². The molecule has 0 saturated heterocycles. The van der Waals surface area contributed by atoms with Crippen LogP contribution in [0.3, 0.4) is 0 Å². The lowest BCUT2D eigenvalue weighted by atomic mass is 9.93. The Bertz CT molecular complexity index is 717. The minimum Gasteiger partial charge on any atom is -0.388 e. The first-order valence-corrected chi connectivity index (χ1v) is 8.55. The zero-order chi connectivity index (χ0) is 16.4. The Hall–Kier alpha value is -1.69. The minimum absolute atomic E-state index is 0.184. The number of hydrogen-bond acceptors (Lipinski definition) is 3. The summed E-state index contributed by atoms with van der Waals surface area (Å²) in [6.45, 7) is 5.07. The van der Waals surface area contributed by atoms with Gasteiger partial charge in [0.25, 0.3) is 0 Å². The van der Waals surface area contributed by atoms with Gasteiger partial charge >= 0.3 is 0 Å². The maximum Gasteiger partial charge on any atom is 0.241 e. The van der Waals surface area contributed by atoms with Crippen LogP contribution < -0.4 is 4.72 Å². The van der Waals surface area contributed by atoms with Gasteiger partial charge < -0.3 is 5.11 Å². The van der Waals surface area contributed by atoms with Gasteiger partial charge in [0, 0.05) is 0 Å². The first-order valence-electron chi connectivity index (χ1n) is 7.06. The molecule has 0 amide bonds. The maximum atomic E-state index is 12.6. The van der Waals surface area contributed by atoms with Gasteiger partial charge in [-0.3, -0.25) is 0 Å². The lowest BCUT2D eigenvalue weighted by Gasteiger charge is -2.30. The molecular formula is C17H21NO3S. The third-order valence-electron chi connectivity index (χ3n) is 3.44. The van der Waals surface area contributed by atoms with E-state index >= 15 is 0 Å². The normalized spacial score (nSPS) is 13.8. The molecule has 0 fully saturated rings. The van der Waals surface area contributed by atoms with Crippen molar-refractivity contribution in [3.8, 4) is 0 Å². The van der Waals surface area contributed by atoms with Crippen LogP contribution in [-0.2, 0) is 10.0 Å². The van der Waals surface area contributed by atoms with Crippen LogP contribution in [0.2, 0.25) is 0 Å². The van der Waals surface area contributed by atoms with Crippen LogP contribution in [0.4, 0.5) is 0 Å². The first-order chi connectivity index (χ1) is 10.2. The van der Waals surface area contributed by atoms with Crippen LogP contribution in [0.25, 0.3) is 0 Å². The average molecular weight is 319 g/mol. The smallest absolute Gasteiger partial charge is 0.241 e. The molecule has 2 rings (SSSR count). The Morgan fingerprint density at radius 3 is 2.05 bits per heavy atom. The van der Waals surface area contributed by atoms with Crippen molar-refractivity contribution >= 4 is 10.0 Å². The number of aliphatic hydroxyl groups is 1. The summed E-state index contributed by atoms with van der Waals surface area (Å²) >= 11 is 0. The number of rotatable bonds is 5. The second-order valence-electron chi connectivity index (χ2n) is 5.93. The molecule has 2 aromatic carbocycles.